The fourth-order valence-electron chi connectivity index (χ4n) is 3.84. The Morgan fingerprint density at radius 2 is 2.03 bits per heavy atom. The van der Waals surface area contributed by atoms with E-state index in [4.69, 9.17) is 11.6 Å². The van der Waals surface area contributed by atoms with Gasteiger partial charge in [-0.2, -0.15) is 9.61 Å². The van der Waals surface area contributed by atoms with Crippen LogP contribution in [-0.2, 0) is 5.75 Å². The van der Waals surface area contributed by atoms with Crippen LogP contribution in [0.5, 0.6) is 0 Å². The molecular formula is C20H19ClN6OS2. The number of thioether (sulfide) groups is 1. The van der Waals surface area contributed by atoms with Crippen molar-refractivity contribution in [1.29, 1.82) is 0 Å². The Kier molecular flexibility index (Phi) is 5.34. The minimum Gasteiger partial charge on any atom is -0.299 e. The maximum absolute atomic E-state index is 12.1. The highest BCUT2D eigenvalue weighted by atomic mass is 35.5. The first-order valence-electron chi connectivity index (χ1n) is 9.79. The first-order chi connectivity index (χ1) is 14.6. The Labute approximate surface area is 186 Å². The van der Waals surface area contributed by atoms with Crippen molar-refractivity contribution in [3.05, 3.63) is 56.4 Å². The van der Waals surface area contributed by atoms with E-state index in [1.54, 1.807) is 11.8 Å². The molecule has 1 saturated carbocycles. The Hall–Kier alpha value is -2.23. The van der Waals surface area contributed by atoms with Crippen molar-refractivity contribution in [3.63, 3.8) is 0 Å². The van der Waals surface area contributed by atoms with Crippen LogP contribution in [0, 0.1) is 6.92 Å². The van der Waals surface area contributed by atoms with Crippen molar-refractivity contribution in [2.75, 3.05) is 0 Å². The summed E-state index contributed by atoms with van der Waals surface area (Å²) < 4.78 is 3.60. The van der Waals surface area contributed by atoms with Crippen LogP contribution in [0.15, 0.2) is 40.3 Å². The molecule has 0 bridgehead atoms. The molecule has 0 aliphatic heterocycles. The van der Waals surface area contributed by atoms with Gasteiger partial charge >= 0.3 is 0 Å². The van der Waals surface area contributed by atoms with Crippen LogP contribution in [-0.4, -0.2) is 29.4 Å². The predicted octanol–water partition coefficient (Wildman–Crippen LogP) is 4.78. The summed E-state index contributed by atoms with van der Waals surface area (Å²) in [6, 6.07) is 9.62. The van der Waals surface area contributed by atoms with E-state index >= 15 is 0 Å². The molecule has 0 amide bonds. The van der Waals surface area contributed by atoms with Crippen molar-refractivity contribution >= 4 is 39.7 Å². The maximum Gasteiger partial charge on any atom is 0.275 e. The summed E-state index contributed by atoms with van der Waals surface area (Å²) in [5.41, 5.74) is 1.45. The van der Waals surface area contributed by atoms with Crippen LogP contribution in [0.1, 0.15) is 42.4 Å². The monoisotopic (exact) mass is 458 g/mol. The smallest absolute Gasteiger partial charge is 0.275 e. The van der Waals surface area contributed by atoms with Crippen LogP contribution in [0.4, 0.5) is 0 Å². The lowest BCUT2D eigenvalue weighted by Gasteiger charge is -2.17. The van der Waals surface area contributed by atoms with E-state index in [9.17, 15) is 4.79 Å². The standard InChI is InChI=1S/C20H19ClN6OS2/c1-12-10-17(28)27-19(22-12)30-16(25-27)11-29-20-24-23-18(14-8-4-5-9-15(14)21)26(20)13-6-2-3-7-13/h4-5,8-10,13H,2-3,6-7,11H2,1H3. The Morgan fingerprint density at radius 3 is 2.83 bits per heavy atom. The number of fused-ring (bicyclic) bond motifs is 1. The SMILES string of the molecule is Cc1cc(=O)n2nc(CSc3nnc(-c4ccccc4Cl)n3C3CCCC3)sc2n1. The van der Waals surface area contributed by atoms with E-state index in [-0.39, 0.29) is 5.56 Å². The highest BCUT2D eigenvalue weighted by Crippen LogP contribution is 2.38. The topological polar surface area (TPSA) is 78.0 Å². The minimum atomic E-state index is -0.153. The predicted molar refractivity (Wildman–Crippen MR) is 119 cm³/mol. The highest BCUT2D eigenvalue weighted by Gasteiger charge is 2.26. The molecule has 0 spiro atoms. The second-order valence-electron chi connectivity index (χ2n) is 7.31. The van der Waals surface area contributed by atoms with Gasteiger partial charge in [-0.1, -0.05) is 59.7 Å². The third kappa shape index (κ3) is 3.66. The molecule has 4 aromatic rings. The molecule has 7 nitrogen and oxygen atoms in total. The maximum atomic E-state index is 12.1. The van der Waals surface area contributed by atoms with E-state index in [1.165, 1.54) is 34.8 Å². The Bertz CT molecular complexity index is 1270. The zero-order valence-electron chi connectivity index (χ0n) is 16.3. The van der Waals surface area contributed by atoms with E-state index in [0.717, 1.165) is 34.4 Å². The Balaban J connectivity index is 1.48. The van der Waals surface area contributed by atoms with Gasteiger partial charge in [-0.05, 0) is 31.9 Å². The highest BCUT2D eigenvalue weighted by molar-refractivity contribution is 7.98. The molecule has 0 N–H and O–H groups in total. The van der Waals surface area contributed by atoms with Crippen LogP contribution >= 0.6 is 34.7 Å². The van der Waals surface area contributed by atoms with E-state index < -0.39 is 0 Å². The molecule has 154 valence electrons. The molecule has 5 rings (SSSR count). The molecule has 0 unspecified atom stereocenters. The Morgan fingerprint density at radius 1 is 1.23 bits per heavy atom. The van der Waals surface area contributed by atoms with Crippen molar-refractivity contribution in [3.8, 4) is 11.4 Å². The average Bonchev–Trinajstić information content (AvgIpc) is 3.45. The van der Waals surface area contributed by atoms with Gasteiger partial charge < -0.3 is 0 Å². The molecule has 3 aromatic heterocycles. The van der Waals surface area contributed by atoms with Crippen LogP contribution in [0.3, 0.4) is 0 Å². The summed E-state index contributed by atoms with van der Waals surface area (Å²) in [6.45, 7) is 1.82. The number of hydrogen-bond donors (Lipinski definition) is 0. The fraction of sp³-hybridized carbons (Fsp3) is 0.350. The largest absolute Gasteiger partial charge is 0.299 e. The second-order valence-corrected chi connectivity index (χ2v) is 9.70. The summed E-state index contributed by atoms with van der Waals surface area (Å²) >= 11 is 9.47. The molecule has 1 fully saturated rings. The van der Waals surface area contributed by atoms with Gasteiger partial charge in [-0.3, -0.25) is 9.36 Å². The number of halogens is 1. The van der Waals surface area contributed by atoms with Gasteiger partial charge in [0.15, 0.2) is 11.0 Å². The van der Waals surface area contributed by atoms with Crippen LogP contribution in [0.2, 0.25) is 5.02 Å². The molecule has 0 radical (unpaired) electrons. The third-order valence-electron chi connectivity index (χ3n) is 5.21. The third-order valence-corrected chi connectivity index (χ3v) is 7.58. The zero-order chi connectivity index (χ0) is 20.7. The lowest BCUT2D eigenvalue weighted by molar-refractivity contribution is 0.485. The van der Waals surface area contributed by atoms with Crippen molar-refractivity contribution < 1.29 is 0 Å². The molecule has 1 aliphatic carbocycles. The van der Waals surface area contributed by atoms with Gasteiger partial charge in [-0.25, -0.2) is 4.98 Å². The second kappa shape index (κ2) is 8.13. The van der Waals surface area contributed by atoms with Gasteiger partial charge in [0.05, 0.1) is 10.8 Å². The molecule has 30 heavy (non-hydrogen) atoms. The summed E-state index contributed by atoms with van der Waals surface area (Å²) in [7, 11) is 0. The van der Waals surface area contributed by atoms with E-state index in [0.29, 0.717) is 27.5 Å². The fourth-order valence-corrected chi connectivity index (χ4v) is 5.99. The first-order valence-corrected chi connectivity index (χ1v) is 12.0. The molecule has 1 aliphatic rings. The molecule has 0 atom stereocenters. The number of nitrogens with zero attached hydrogens (tertiary/aromatic N) is 6. The number of hydrogen-bond acceptors (Lipinski definition) is 7. The van der Waals surface area contributed by atoms with Gasteiger partial charge in [0.1, 0.15) is 5.01 Å². The van der Waals surface area contributed by atoms with Gasteiger partial charge in [0.25, 0.3) is 5.56 Å². The molecule has 0 saturated heterocycles. The van der Waals surface area contributed by atoms with E-state index in [2.05, 4.69) is 24.8 Å². The number of aromatic nitrogens is 6. The lowest BCUT2D eigenvalue weighted by atomic mass is 10.2. The van der Waals surface area contributed by atoms with E-state index in [1.807, 2.05) is 31.2 Å². The van der Waals surface area contributed by atoms with Crippen molar-refractivity contribution in [1.82, 2.24) is 29.4 Å². The van der Waals surface area contributed by atoms with Crippen molar-refractivity contribution in [2.45, 2.75) is 49.6 Å². The van der Waals surface area contributed by atoms with Gasteiger partial charge in [-0.15, -0.1) is 10.2 Å². The first kappa shape index (κ1) is 19.7. The molecular weight excluding hydrogens is 440 g/mol. The number of rotatable bonds is 5. The minimum absolute atomic E-state index is 0.153. The molecule has 3 heterocycles. The zero-order valence-corrected chi connectivity index (χ0v) is 18.7. The number of benzene rings is 1. The lowest BCUT2D eigenvalue weighted by Crippen LogP contribution is -2.14. The van der Waals surface area contributed by atoms with Crippen LogP contribution in [0.25, 0.3) is 16.3 Å². The quantitative estimate of drug-likeness (QED) is 0.400. The van der Waals surface area contributed by atoms with Gasteiger partial charge in [0.2, 0.25) is 4.96 Å². The summed E-state index contributed by atoms with van der Waals surface area (Å²) in [5, 5.41) is 15.8. The summed E-state index contributed by atoms with van der Waals surface area (Å²) in [5.74, 6) is 1.41. The van der Waals surface area contributed by atoms with Crippen molar-refractivity contribution in [2.24, 2.45) is 0 Å². The number of aryl methyl sites for hydroxylation is 1. The molecule has 10 heteroatoms. The summed E-state index contributed by atoms with van der Waals surface area (Å²) in [6.07, 6.45) is 4.65. The normalized spacial score (nSPS) is 14.7. The van der Waals surface area contributed by atoms with Gasteiger partial charge in [0, 0.05) is 23.4 Å². The summed E-state index contributed by atoms with van der Waals surface area (Å²) in [4.78, 5) is 17.2. The average molecular weight is 459 g/mol. The van der Waals surface area contributed by atoms with Crippen LogP contribution < -0.4 is 5.56 Å². The molecule has 1 aromatic carbocycles.